The Labute approximate surface area is 266 Å². The van der Waals surface area contributed by atoms with E-state index in [4.69, 9.17) is 9.47 Å². The maximum absolute atomic E-state index is 15.8. The summed E-state index contributed by atoms with van der Waals surface area (Å²) in [6, 6.07) is 0. The summed E-state index contributed by atoms with van der Waals surface area (Å²) in [6.07, 6.45) is 8.22. The molecule has 0 amide bonds. The number of aromatic amines is 1. The number of carbonyl (C=O) groups excluding carboxylic acids is 1. The van der Waals surface area contributed by atoms with Crippen LogP contribution < -0.4 is 0 Å². The van der Waals surface area contributed by atoms with Crippen LogP contribution in [-0.2, 0) is 20.7 Å². The summed E-state index contributed by atoms with van der Waals surface area (Å²) in [6.45, 7) is 13.8. The second-order valence-electron chi connectivity index (χ2n) is 18.0. The van der Waals surface area contributed by atoms with E-state index in [0.29, 0.717) is 25.7 Å². The fourth-order valence-corrected chi connectivity index (χ4v) is 13.0. The second kappa shape index (κ2) is 9.52. The van der Waals surface area contributed by atoms with Crippen molar-refractivity contribution in [3.05, 3.63) is 18.2 Å². The minimum absolute atomic E-state index is 0.0840. The molecule has 6 aliphatic rings. The number of hydrogen-bond acceptors (Lipinski definition) is 6. The van der Waals surface area contributed by atoms with Gasteiger partial charge in [0.1, 0.15) is 6.10 Å². The number of esters is 1. The van der Waals surface area contributed by atoms with Crippen LogP contribution in [0, 0.1) is 44.8 Å². The van der Waals surface area contributed by atoms with Crippen LogP contribution in [0.3, 0.4) is 0 Å². The lowest BCUT2D eigenvalue weighted by molar-refractivity contribution is -0.252. The van der Waals surface area contributed by atoms with Gasteiger partial charge >= 0.3 is 5.97 Å². The number of ether oxygens (including phenoxy) is 2. The maximum Gasteiger partial charge on any atom is 0.306 e. The van der Waals surface area contributed by atoms with Crippen molar-refractivity contribution >= 4 is 5.97 Å². The van der Waals surface area contributed by atoms with E-state index >= 15 is 8.78 Å². The fourth-order valence-electron chi connectivity index (χ4n) is 13.0. The molecule has 3 N–H and O–H groups in total. The van der Waals surface area contributed by atoms with Crippen molar-refractivity contribution in [3.63, 3.8) is 0 Å². The van der Waals surface area contributed by atoms with Crippen LogP contribution in [0.5, 0.6) is 0 Å². The molecular formula is C36H54F2N2O5. The molecule has 7 rings (SSSR count). The molecule has 1 saturated heterocycles. The quantitative estimate of drug-likeness (QED) is 0.305. The third kappa shape index (κ3) is 4.14. The molecule has 2 heterocycles. The van der Waals surface area contributed by atoms with Crippen LogP contribution in [-0.4, -0.2) is 61.6 Å². The van der Waals surface area contributed by atoms with Crippen LogP contribution in [0.15, 0.2) is 12.5 Å². The zero-order valence-electron chi connectivity index (χ0n) is 28.2. The molecule has 1 aliphatic heterocycles. The molecule has 0 aromatic carbocycles. The Balaban J connectivity index is 1.23. The third-order valence-corrected chi connectivity index (χ3v) is 15.3. The van der Waals surface area contributed by atoms with Gasteiger partial charge in [0.15, 0.2) is 0 Å². The first-order chi connectivity index (χ1) is 20.8. The van der Waals surface area contributed by atoms with Crippen molar-refractivity contribution < 1.29 is 33.3 Å². The zero-order valence-corrected chi connectivity index (χ0v) is 28.2. The van der Waals surface area contributed by atoms with Crippen molar-refractivity contribution in [2.24, 2.45) is 44.8 Å². The van der Waals surface area contributed by atoms with Crippen molar-refractivity contribution in [3.8, 4) is 0 Å². The van der Waals surface area contributed by atoms with Crippen LogP contribution in [0.4, 0.5) is 8.78 Å². The van der Waals surface area contributed by atoms with Crippen LogP contribution in [0.1, 0.15) is 118 Å². The normalized spacial score (nSPS) is 49.4. The van der Waals surface area contributed by atoms with Gasteiger partial charge < -0.3 is 24.7 Å². The summed E-state index contributed by atoms with van der Waals surface area (Å²) >= 11 is 0. The van der Waals surface area contributed by atoms with E-state index in [0.717, 1.165) is 37.8 Å². The molecule has 6 fully saturated rings. The minimum Gasteiger partial charge on any atom is -0.462 e. The number of fused-ring (bicyclic) bond motifs is 2. The topological polar surface area (TPSA) is 105 Å². The largest absolute Gasteiger partial charge is 0.462 e. The van der Waals surface area contributed by atoms with E-state index in [9.17, 15) is 15.0 Å². The Bertz CT molecular complexity index is 1350. The monoisotopic (exact) mass is 632 g/mol. The van der Waals surface area contributed by atoms with Gasteiger partial charge in [-0.3, -0.25) is 4.79 Å². The number of hydrogen-bond donors (Lipinski definition) is 3. The zero-order chi connectivity index (χ0) is 32.6. The lowest BCUT2D eigenvalue weighted by Gasteiger charge is -2.65. The third-order valence-electron chi connectivity index (χ3n) is 15.3. The summed E-state index contributed by atoms with van der Waals surface area (Å²) in [5.41, 5.74) is -2.99. The molecule has 7 nitrogen and oxygen atoms in total. The summed E-state index contributed by atoms with van der Waals surface area (Å²) in [4.78, 5) is 20.5. The van der Waals surface area contributed by atoms with Gasteiger partial charge in [0.05, 0.1) is 41.9 Å². The molecule has 45 heavy (non-hydrogen) atoms. The molecule has 0 unspecified atom stereocenters. The first-order valence-electron chi connectivity index (χ1n) is 17.4. The van der Waals surface area contributed by atoms with E-state index in [1.807, 2.05) is 0 Å². The molecule has 252 valence electrons. The number of imidazole rings is 1. The van der Waals surface area contributed by atoms with Gasteiger partial charge in [-0.2, -0.15) is 0 Å². The van der Waals surface area contributed by atoms with E-state index in [2.05, 4.69) is 30.7 Å². The standard InChI is InChI=1S/C36H54F2N2O5/c1-29(2)28-23(44-26(42)9-8-21-18-39-20-40-21)16-24-32(6)17-22(41)27(33(7)11-10-25(45-33)30(3,4)43)31(32,5)12-13-34(24)19-35(28,34)14-15-36(29,37)38/h18,20,22-25,27-28,41,43H,8-17,19H2,1-7H3,(H,39,40)/t22-,23-,24-,25-,27-,28-,31+,32-,33-,34-,35+/m0/s1. The molecule has 1 aromatic rings. The Kier molecular flexibility index (Phi) is 6.77. The minimum atomic E-state index is -2.84. The first kappa shape index (κ1) is 32.0. The fraction of sp³-hybridized carbons (Fsp3) is 0.889. The number of aromatic nitrogens is 2. The molecule has 9 heteroatoms. The maximum atomic E-state index is 15.8. The molecule has 11 atom stereocenters. The van der Waals surface area contributed by atoms with Gasteiger partial charge in [-0.1, -0.05) is 27.7 Å². The average Bonchev–Trinajstić information content (AvgIpc) is 3.26. The highest BCUT2D eigenvalue weighted by Crippen LogP contribution is 2.90. The second-order valence-corrected chi connectivity index (χ2v) is 18.0. The number of rotatable bonds is 6. The van der Waals surface area contributed by atoms with Gasteiger partial charge in [0.25, 0.3) is 5.92 Å². The van der Waals surface area contributed by atoms with Crippen molar-refractivity contribution in [1.82, 2.24) is 9.97 Å². The summed E-state index contributed by atoms with van der Waals surface area (Å²) in [7, 11) is 0. The molecule has 5 aliphatic carbocycles. The predicted molar refractivity (Wildman–Crippen MR) is 164 cm³/mol. The average molecular weight is 633 g/mol. The van der Waals surface area contributed by atoms with E-state index in [1.165, 1.54) is 0 Å². The molecule has 0 radical (unpaired) electrons. The van der Waals surface area contributed by atoms with Crippen molar-refractivity contribution in [1.29, 1.82) is 0 Å². The molecule has 1 aromatic heterocycles. The van der Waals surface area contributed by atoms with Crippen LogP contribution in [0.2, 0.25) is 0 Å². The number of halogens is 2. The lowest BCUT2D eigenvalue weighted by atomic mass is 9.41. The number of alkyl halides is 2. The SMILES string of the molecule is CC(C)(O)[C@@H]1CC[C@@](C)([C@H]2[C@@H](O)C[C@@]3(C)[C@@H]4C[C@H](OC(=O)CCc5c[nH]cn5)[C@H]5C(C)(C)C(F)(F)CC[C@@]56C[C@@]46CC[C@]23C)O1. The van der Waals surface area contributed by atoms with Crippen LogP contribution >= 0.6 is 0 Å². The lowest BCUT2D eigenvalue weighted by Crippen LogP contribution is -2.64. The Morgan fingerprint density at radius 1 is 1.07 bits per heavy atom. The highest BCUT2D eigenvalue weighted by atomic mass is 19.3. The predicted octanol–water partition coefficient (Wildman–Crippen LogP) is 6.62. The highest BCUT2D eigenvalue weighted by molar-refractivity contribution is 5.70. The number of aliphatic hydroxyl groups excluding tert-OH is 1. The molecular weight excluding hydrogens is 578 g/mol. The number of carbonyl (C=O) groups is 1. The Hall–Kier alpha value is -1.58. The summed E-state index contributed by atoms with van der Waals surface area (Å²) in [5, 5.41) is 22.8. The highest BCUT2D eigenvalue weighted by Gasteiger charge is 2.86. The molecule has 5 saturated carbocycles. The number of nitrogens with zero attached hydrogens (tertiary/aromatic N) is 1. The first-order valence-corrected chi connectivity index (χ1v) is 17.4. The summed E-state index contributed by atoms with van der Waals surface area (Å²) in [5.74, 6) is -3.59. The van der Waals surface area contributed by atoms with Gasteiger partial charge in [0, 0.05) is 36.3 Å². The van der Waals surface area contributed by atoms with Crippen LogP contribution in [0.25, 0.3) is 0 Å². The van der Waals surface area contributed by atoms with E-state index in [-0.39, 0.29) is 58.4 Å². The van der Waals surface area contributed by atoms with Crippen molar-refractivity contribution in [2.45, 2.75) is 155 Å². The Morgan fingerprint density at radius 3 is 2.42 bits per heavy atom. The smallest absolute Gasteiger partial charge is 0.306 e. The van der Waals surface area contributed by atoms with Crippen molar-refractivity contribution in [2.75, 3.05) is 0 Å². The molecule has 2 spiro atoms. The van der Waals surface area contributed by atoms with E-state index < -0.39 is 40.7 Å². The van der Waals surface area contributed by atoms with E-state index in [1.54, 1.807) is 40.2 Å². The number of nitrogens with one attached hydrogen (secondary N) is 1. The van der Waals surface area contributed by atoms with Gasteiger partial charge in [-0.05, 0) is 99.7 Å². The van der Waals surface area contributed by atoms with Gasteiger partial charge in [-0.15, -0.1) is 0 Å². The number of aryl methyl sites for hydroxylation is 1. The summed E-state index contributed by atoms with van der Waals surface area (Å²) < 4.78 is 44.6. The molecule has 0 bridgehead atoms. The number of H-pyrrole nitrogens is 1. The van der Waals surface area contributed by atoms with Gasteiger partial charge in [0.2, 0.25) is 0 Å². The number of aliphatic hydroxyl groups is 2. The van der Waals surface area contributed by atoms with Gasteiger partial charge in [-0.25, -0.2) is 13.8 Å². The Morgan fingerprint density at radius 2 is 1.78 bits per heavy atom.